The van der Waals surface area contributed by atoms with Crippen molar-refractivity contribution in [2.75, 3.05) is 4.90 Å². The summed E-state index contributed by atoms with van der Waals surface area (Å²) in [5, 5.41) is 23.5. The lowest BCUT2D eigenvalue weighted by Gasteiger charge is -2.25. The van der Waals surface area contributed by atoms with Crippen LogP contribution in [-0.2, 0) is 0 Å². The van der Waals surface area contributed by atoms with Crippen LogP contribution in [0.1, 0.15) is 11.1 Å². The van der Waals surface area contributed by atoms with Crippen molar-refractivity contribution >= 4 is 60.8 Å². The molecule has 8 aromatic rings. The third-order valence-electron chi connectivity index (χ3n) is 8.05. The van der Waals surface area contributed by atoms with Crippen LogP contribution in [0.15, 0.2) is 138 Å². The first-order valence-electron chi connectivity index (χ1n) is 14.0. The Bertz CT molecular complexity index is 2380. The first kappa shape index (κ1) is 24.5. The highest BCUT2D eigenvalue weighted by atomic mass is 16.3. The summed E-state index contributed by atoms with van der Waals surface area (Å²) in [4.78, 5) is 2.25. The molecule has 0 fully saturated rings. The molecule has 0 aliphatic heterocycles. The zero-order valence-electron chi connectivity index (χ0n) is 22.9. The van der Waals surface area contributed by atoms with Crippen molar-refractivity contribution in [2.45, 2.75) is 0 Å². The molecule has 8 rings (SSSR count). The van der Waals surface area contributed by atoms with Gasteiger partial charge in [-0.1, -0.05) is 54.6 Å². The highest BCUT2D eigenvalue weighted by Crippen LogP contribution is 2.43. The van der Waals surface area contributed by atoms with Crippen LogP contribution in [0.3, 0.4) is 0 Å². The van der Waals surface area contributed by atoms with E-state index in [4.69, 9.17) is 4.42 Å². The van der Waals surface area contributed by atoms with Gasteiger partial charge in [0, 0.05) is 38.9 Å². The largest absolute Gasteiger partial charge is 0.455 e. The van der Waals surface area contributed by atoms with Gasteiger partial charge in [0.25, 0.3) is 0 Å². The molecule has 0 saturated carbocycles. The van der Waals surface area contributed by atoms with Crippen LogP contribution in [0.5, 0.6) is 0 Å². The van der Waals surface area contributed by atoms with Gasteiger partial charge in [0.1, 0.15) is 23.3 Å². The Morgan fingerprint density at radius 3 is 1.93 bits per heavy atom. The van der Waals surface area contributed by atoms with Crippen molar-refractivity contribution in [3.63, 3.8) is 0 Å². The summed E-state index contributed by atoms with van der Waals surface area (Å²) in [6.07, 6.45) is 0. The van der Waals surface area contributed by atoms with E-state index < -0.39 is 0 Å². The van der Waals surface area contributed by atoms with Crippen LogP contribution in [0, 0.1) is 22.7 Å². The van der Waals surface area contributed by atoms with E-state index in [9.17, 15) is 10.5 Å². The Kier molecular flexibility index (Phi) is 5.50. The van der Waals surface area contributed by atoms with Crippen molar-refractivity contribution in [3.05, 3.63) is 145 Å². The molecule has 0 aliphatic carbocycles. The molecule has 0 unspecified atom stereocenters. The van der Waals surface area contributed by atoms with Gasteiger partial charge < -0.3 is 13.9 Å². The second kappa shape index (κ2) is 9.66. The second-order valence-electron chi connectivity index (χ2n) is 10.4. The fourth-order valence-corrected chi connectivity index (χ4v) is 6.15. The lowest BCUT2D eigenvalue weighted by atomic mass is 10.1. The van der Waals surface area contributed by atoms with Gasteiger partial charge in [-0.15, -0.1) is 0 Å². The summed E-state index contributed by atoms with van der Waals surface area (Å²) in [5.41, 5.74) is 8.21. The molecule has 0 radical (unpaired) electrons. The van der Waals surface area contributed by atoms with E-state index >= 15 is 0 Å². The lowest BCUT2D eigenvalue weighted by Crippen LogP contribution is -2.09. The molecule has 6 aromatic carbocycles. The smallest absolute Gasteiger partial charge is 0.145 e. The molecule has 2 aromatic heterocycles. The van der Waals surface area contributed by atoms with E-state index in [0.717, 1.165) is 66.5 Å². The molecule has 0 aliphatic rings. The van der Waals surface area contributed by atoms with Crippen molar-refractivity contribution in [2.24, 2.45) is 0 Å². The van der Waals surface area contributed by atoms with Gasteiger partial charge in [-0.2, -0.15) is 10.5 Å². The van der Waals surface area contributed by atoms with Crippen molar-refractivity contribution in [3.8, 4) is 17.8 Å². The second-order valence-corrected chi connectivity index (χ2v) is 10.4. The van der Waals surface area contributed by atoms with Crippen LogP contribution in [-0.4, -0.2) is 4.57 Å². The topological polar surface area (TPSA) is 68.9 Å². The number of nitriles is 2. The Morgan fingerprint density at radius 2 is 1.21 bits per heavy atom. The molecular formula is C38H22N4O. The summed E-state index contributed by atoms with van der Waals surface area (Å²) in [7, 11) is 0. The maximum atomic E-state index is 9.80. The van der Waals surface area contributed by atoms with Gasteiger partial charge in [-0.3, -0.25) is 0 Å². The molecule has 0 spiro atoms. The van der Waals surface area contributed by atoms with Gasteiger partial charge in [-0.05, 0) is 78.9 Å². The van der Waals surface area contributed by atoms with E-state index in [1.807, 2.05) is 60.7 Å². The predicted octanol–water partition coefficient (Wildman–Crippen LogP) is 9.90. The quantitative estimate of drug-likeness (QED) is 0.219. The molecule has 0 N–H and O–H groups in total. The normalized spacial score (nSPS) is 11.2. The van der Waals surface area contributed by atoms with Crippen molar-refractivity contribution < 1.29 is 4.42 Å². The SMILES string of the molecule is N#Cc1ccc(-n2c3ccc(N(c4ccccc4)c4ccccc4)cc3c3c4oc5ccccc5c4ccc32)cc1C#N. The number of hydrogen-bond donors (Lipinski definition) is 0. The summed E-state index contributed by atoms with van der Waals surface area (Å²) in [6.45, 7) is 0. The highest BCUT2D eigenvalue weighted by molar-refractivity contribution is 6.24. The minimum Gasteiger partial charge on any atom is -0.455 e. The average molecular weight is 551 g/mol. The maximum Gasteiger partial charge on any atom is 0.145 e. The summed E-state index contributed by atoms with van der Waals surface area (Å²) in [5.74, 6) is 0. The van der Waals surface area contributed by atoms with E-state index in [0.29, 0.717) is 11.1 Å². The fraction of sp³-hybridized carbons (Fsp3) is 0. The Balaban J connectivity index is 1.48. The van der Waals surface area contributed by atoms with Crippen LogP contribution in [0.25, 0.3) is 49.4 Å². The van der Waals surface area contributed by atoms with Gasteiger partial charge in [0.15, 0.2) is 0 Å². The number of hydrogen-bond acceptors (Lipinski definition) is 4. The number of furan rings is 1. The number of fused-ring (bicyclic) bond motifs is 7. The third kappa shape index (κ3) is 3.77. The number of para-hydroxylation sites is 3. The molecule has 5 heteroatoms. The summed E-state index contributed by atoms with van der Waals surface area (Å²) >= 11 is 0. The van der Waals surface area contributed by atoms with Gasteiger partial charge in [-0.25, -0.2) is 0 Å². The third-order valence-corrected chi connectivity index (χ3v) is 8.05. The van der Waals surface area contributed by atoms with E-state index in [-0.39, 0.29) is 0 Å². The van der Waals surface area contributed by atoms with Gasteiger partial charge >= 0.3 is 0 Å². The number of anilines is 3. The number of aromatic nitrogens is 1. The minimum atomic E-state index is 0.343. The van der Waals surface area contributed by atoms with Crippen molar-refractivity contribution in [1.82, 2.24) is 4.57 Å². The molecule has 2 heterocycles. The van der Waals surface area contributed by atoms with E-state index in [1.165, 1.54) is 0 Å². The minimum absolute atomic E-state index is 0.343. The molecule has 200 valence electrons. The molecule has 43 heavy (non-hydrogen) atoms. The molecule has 5 nitrogen and oxygen atoms in total. The summed E-state index contributed by atoms with van der Waals surface area (Å²) in [6, 6.07) is 49.2. The monoisotopic (exact) mass is 550 g/mol. The molecule has 0 saturated heterocycles. The molecule has 0 amide bonds. The average Bonchev–Trinajstić information content (AvgIpc) is 3.61. The van der Waals surface area contributed by atoms with Crippen LogP contribution in [0.2, 0.25) is 0 Å². The summed E-state index contributed by atoms with van der Waals surface area (Å²) < 4.78 is 8.70. The van der Waals surface area contributed by atoms with Crippen LogP contribution >= 0.6 is 0 Å². The van der Waals surface area contributed by atoms with Crippen LogP contribution in [0.4, 0.5) is 17.1 Å². The molecular weight excluding hydrogens is 528 g/mol. The highest BCUT2D eigenvalue weighted by Gasteiger charge is 2.21. The Labute approximate surface area is 247 Å². The fourth-order valence-electron chi connectivity index (χ4n) is 6.15. The van der Waals surface area contributed by atoms with Crippen LogP contribution < -0.4 is 4.90 Å². The van der Waals surface area contributed by atoms with Gasteiger partial charge in [0.05, 0.1) is 27.5 Å². The predicted molar refractivity (Wildman–Crippen MR) is 172 cm³/mol. The maximum absolute atomic E-state index is 9.80. The lowest BCUT2D eigenvalue weighted by molar-refractivity contribution is 0.673. The first-order valence-corrected chi connectivity index (χ1v) is 14.0. The van der Waals surface area contributed by atoms with E-state index in [1.54, 1.807) is 12.1 Å². The Morgan fingerprint density at radius 1 is 0.535 bits per heavy atom. The zero-order chi connectivity index (χ0) is 28.9. The molecule has 0 bridgehead atoms. The number of rotatable bonds is 4. The van der Waals surface area contributed by atoms with Gasteiger partial charge in [0.2, 0.25) is 0 Å². The van der Waals surface area contributed by atoms with E-state index in [2.05, 4.69) is 82.3 Å². The molecule has 0 atom stereocenters. The first-order chi connectivity index (χ1) is 21.2. The number of nitrogens with zero attached hydrogens (tertiary/aromatic N) is 4. The Hall–Kier alpha value is -6.30. The number of benzene rings is 6. The standard InChI is InChI=1S/C38H22N4O/c39-23-25-15-16-29(21-26(25)24-40)42-34-19-17-30(41(27-9-3-1-4-10-27)28-11-5-2-6-12-28)22-33(34)37-35(42)20-18-32-31-13-7-8-14-36(31)43-38(32)37/h1-22H. The van der Waals surface area contributed by atoms with Crippen molar-refractivity contribution in [1.29, 1.82) is 10.5 Å². The zero-order valence-corrected chi connectivity index (χ0v) is 22.9.